The molecular weight excluding hydrogens is 390 g/mol. The number of amides is 1. The van der Waals surface area contributed by atoms with Gasteiger partial charge in [0.25, 0.3) is 0 Å². The highest BCUT2D eigenvalue weighted by Crippen LogP contribution is 2.38. The van der Waals surface area contributed by atoms with E-state index in [-0.39, 0.29) is 5.91 Å². The van der Waals surface area contributed by atoms with Crippen molar-refractivity contribution in [1.29, 1.82) is 5.41 Å². The van der Waals surface area contributed by atoms with Crippen LogP contribution in [0.15, 0.2) is 72.8 Å². The summed E-state index contributed by atoms with van der Waals surface area (Å²) in [6, 6.07) is 24.1. The maximum absolute atomic E-state index is 12.5. The van der Waals surface area contributed by atoms with Crippen LogP contribution in [0, 0.1) is 5.41 Å². The van der Waals surface area contributed by atoms with Gasteiger partial charge in [-0.05, 0) is 48.1 Å². The predicted molar refractivity (Wildman–Crippen MR) is 128 cm³/mol. The van der Waals surface area contributed by atoms with Crippen LogP contribution < -0.4 is 11.1 Å². The van der Waals surface area contributed by atoms with Gasteiger partial charge in [-0.25, -0.2) is 0 Å². The average molecular weight is 414 g/mol. The third kappa shape index (κ3) is 4.42. The number of hydrogen-bond donors (Lipinski definition) is 3. The van der Waals surface area contributed by atoms with E-state index >= 15 is 0 Å². The molecule has 1 amide bonds. The van der Waals surface area contributed by atoms with Gasteiger partial charge >= 0.3 is 0 Å². The van der Waals surface area contributed by atoms with Gasteiger partial charge in [-0.2, -0.15) is 0 Å². The molecule has 0 saturated heterocycles. The summed E-state index contributed by atoms with van der Waals surface area (Å²) in [6.45, 7) is 0. The van der Waals surface area contributed by atoms with E-state index in [1.54, 1.807) is 17.4 Å². The van der Waals surface area contributed by atoms with Gasteiger partial charge in [0, 0.05) is 44.7 Å². The molecular formula is C25H23N3OS. The Morgan fingerprint density at radius 1 is 1.03 bits per heavy atom. The maximum Gasteiger partial charge on any atom is 0.224 e. The second-order valence-corrected chi connectivity index (χ2v) is 8.29. The third-order valence-corrected chi connectivity index (χ3v) is 6.20. The van der Waals surface area contributed by atoms with Crippen molar-refractivity contribution in [2.24, 2.45) is 0 Å². The number of aryl methyl sites for hydroxylation is 1. The molecule has 1 heterocycles. The second-order valence-electron chi connectivity index (χ2n) is 7.21. The zero-order valence-electron chi connectivity index (χ0n) is 16.5. The normalized spacial score (nSPS) is 10.8. The standard InChI is InChI=1S/C25H23N3OS/c26-16-19-13-20(28-24(29)12-6-9-17-7-2-1-3-8-17)15-21(25(19)27)23-14-18-10-4-5-11-22(18)30-23/h1-5,7-8,10-11,13-16,26H,6,9,12,27H2,(H,28,29). The highest BCUT2D eigenvalue weighted by atomic mass is 32.1. The lowest BCUT2D eigenvalue weighted by molar-refractivity contribution is -0.116. The summed E-state index contributed by atoms with van der Waals surface area (Å²) in [5, 5.41) is 11.9. The van der Waals surface area contributed by atoms with E-state index in [0.29, 0.717) is 23.4 Å². The molecule has 0 saturated carbocycles. The molecule has 4 N–H and O–H groups in total. The van der Waals surface area contributed by atoms with E-state index in [4.69, 9.17) is 11.1 Å². The van der Waals surface area contributed by atoms with Gasteiger partial charge < -0.3 is 16.5 Å². The number of nitrogens with one attached hydrogen (secondary N) is 2. The van der Waals surface area contributed by atoms with Gasteiger partial charge in [-0.1, -0.05) is 48.5 Å². The number of fused-ring (bicyclic) bond motifs is 1. The Bertz CT molecular complexity index is 1160. The van der Waals surface area contributed by atoms with E-state index in [2.05, 4.69) is 35.6 Å². The second kappa shape index (κ2) is 8.93. The fourth-order valence-electron chi connectivity index (χ4n) is 3.51. The van der Waals surface area contributed by atoms with Crippen LogP contribution in [-0.4, -0.2) is 12.1 Å². The van der Waals surface area contributed by atoms with Crippen LogP contribution in [0.25, 0.3) is 20.5 Å². The number of thiophene rings is 1. The van der Waals surface area contributed by atoms with Crippen LogP contribution in [0.2, 0.25) is 0 Å². The number of anilines is 2. The topological polar surface area (TPSA) is 79.0 Å². The lowest BCUT2D eigenvalue weighted by Crippen LogP contribution is -2.12. The van der Waals surface area contributed by atoms with Crippen LogP contribution in [0.4, 0.5) is 11.4 Å². The van der Waals surface area contributed by atoms with E-state index in [1.165, 1.54) is 16.5 Å². The van der Waals surface area contributed by atoms with Crippen molar-refractivity contribution in [3.05, 3.63) is 83.9 Å². The van der Waals surface area contributed by atoms with Crippen molar-refractivity contribution >= 4 is 44.9 Å². The summed E-state index contributed by atoms with van der Waals surface area (Å²) in [5.74, 6) is -0.0334. The average Bonchev–Trinajstić information content (AvgIpc) is 3.19. The summed E-state index contributed by atoms with van der Waals surface area (Å²) >= 11 is 1.65. The maximum atomic E-state index is 12.5. The van der Waals surface area contributed by atoms with E-state index in [0.717, 1.165) is 28.7 Å². The molecule has 150 valence electrons. The molecule has 0 fully saturated rings. The van der Waals surface area contributed by atoms with Crippen molar-refractivity contribution in [2.45, 2.75) is 19.3 Å². The molecule has 1 aromatic heterocycles. The Hall–Kier alpha value is -3.44. The Balaban J connectivity index is 1.52. The molecule has 0 aliphatic carbocycles. The SMILES string of the molecule is N=Cc1cc(NC(=O)CCCc2ccccc2)cc(-c2cc3ccccc3s2)c1N. The zero-order chi connectivity index (χ0) is 20.9. The minimum Gasteiger partial charge on any atom is -0.398 e. The summed E-state index contributed by atoms with van der Waals surface area (Å²) in [4.78, 5) is 13.5. The molecule has 4 nitrogen and oxygen atoms in total. The molecule has 0 aliphatic heterocycles. The van der Waals surface area contributed by atoms with Crippen molar-refractivity contribution in [3.8, 4) is 10.4 Å². The Kier molecular flexibility index (Phi) is 5.91. The molecule has 3 aromatic carbocycles. The molecule has 0 radical (unpaired) electrons. The molecule has 4 aromatic rings. The van der Waals surface area contributed by atoms with Crippen LogP contribution >= 0.6 is 11.3 Å². The molecule has 30 heavy (non-hydrogen) atoms. The highest BCUT2D eigenvalue weighted by Gasteiger charge is 2.13. The van der Waals surface area contributed by atoms with Crippen LogP contribution in [0.5, 0.6) is 0 Å². The monoisotopic (exact) mass is 413 g/mol. The first-order valence-corrected chi connectivity index (χ1v) is 10.7. The first kappa shape index (κ1) is 19.9. The predicted octanol–water partition coefficient (Wildman–Crippen LogP) is 6.11. The Morgan fingerprint density at radius 3 is 2.57 bits per heavy atom. The molecule has 0 unspecified atom stereocenters. The summed E-state index contributed by atoms with van der Waals surface area (Å²) in [6.07, 6.45) is 3.33. The van der Waals surface area contributed by atoms with Gasteiger partial charge in [-0.3, -0.25) is 4.79 Å². The fraction of sp³-hybridized carbons (Fsp3) is 0.120. The van der Waals surface area contributed by atoms with Crippen LogP contribution in [-0.2, 0) is 11.2 Å². The summed E-state index contributed by atoms with van der Waals surface area (Å²) in [7, 11) is 0. The largest absolute Gasteiger partial charge is 0.398 e. The number of nitrogens with two attached hydrogens (primary N) is 1. The van der Waals surface area contributed by atoms with Crippen molar-refractivity contribution in [1.82, 2.24) is 0 Å². The number of rotatable bonds is 7. The molecule has 4 rings (SSSR count). The third-order valence-electron chi connectivity index (χ3n) is 5.05. The minimum absolute atomic E-state index is 0.0334. The van der Waals surface area contributed by atoms with Gasteiger partial charge in [0.2, 0.25) is 5.91 Å². The Labute approximate surface area is 179 Å². The molecule has 0 spiro atoms. The van der Waals surface area contributed by atoms with Crippen molar-refractivity contribution in [3.63, 3.8) is 0 Å². The summed E-state index contributed by atoms with van der Waals surface area (Å²) in [5.41, 5.74) is 10.2. The number of carbonyl (C=O) groups excluding carboxylic acids is 1. The van der Waals surface area contributed by atoms with E-state index in [1.807, 2.05) is 36.4 Å². The lowest BCUT2D eigenvalue weighted by atomic mass is 10.0. The van der Waals surface area contributed by atoms with Crippen LogP contribution in [0.3, 0.4) is 0 Å². The molecule has 5 heteroatoms. The molecule has 0 atom stereocenters. The molecule has 0 bridgehead atoms. The van der Waals surface area contributed by atoms with Crippen molar-refractivity contribution in [2.75, 3.05) is 11.1 Å². The van der Waals surface area contributed by atoms with E-state index < -0.39 is 0 Å². The van der Waals surface area contributed by atoms with Crippen LogP contribution in [0.1, 0.15) is 24.0 Å². The quantitative estimate of drug-likeness (QED) is 0.252. The van der Waals surface area contributed by atoms with E-state index in [9.17, 15) is 4.79 Å². The first-order valence-electron chi connectivity index (χ1n) is 9.91. The zero-order valence-corrected chi connectivity index (χ0v) is 17.3. The summed E-state index contributed by atoms with van der Waals surface area (Å²) < 4.78 is 1.18. The Morgan fingerprint density at radius 2 is 1.80 bits per heavy atom. The number of benzene rings is 3. The van der Waals surface area contributed by atoms with Gasteiger partial charge in [0.1, 0.15) is 0 Å². The molecule has 0 aliphatic rings. The lowest BCUT2D eigenvalue weighted by Gasteiger charge is -2.12. The van der Waals surface area contributed by atoms with Gasteiger partial charge in [0.15, 0.2) is 0 Å². The van der Waals surface area contributed by atoms with Gasteiger partial charge in [-0.15, -0.1) is 11.3 Å². The minimum atomic E-state index is -0.0334. The smallest absolute Gasteiger partial charge is 0.224 e. The number of hydrogen-bond acceptors (Lipinski definition) is 4. The first-order chi connectivity index (χ1) is 14.6. The number of nitrogen functional groups attached to an aromatic ring is 1. The van der Waals surface area contributed by atoms with Crippen molar-refractivity contribution < 1.29 is 4.79 Å². The fourth-order valence-corrected chi connectivity index (χ4v) is 4.60. The highest BCUT2D eigenvalue weighted by molar-refractivity contribution is 7.22. The van der Waals surface area contributed by atoms with Gasteiger partial charge in [0.05, 0.1) is 0 Å². The number of carbonyl (C=O) groups is 1.